The van der Waals surface area contributed by atoms with Crippen LogP contribution in [0.5, 0.6) is 0 Å². The third kappa shape index (κ3) is 9.71. The van der Waals surface area contributed by atoms with E-state index >= 15 is 0 Å². The van der Waals surface area contributed by atoms with E-state index in [9.17, 15) is 0 Å². The number of ether oxygens (including phenoxy) is 2. The average Bonchev–Trinajstić information content (AvgIpc) is 2.41. The van der Waals surface area contributed by atoms with Crippen LogP contribution in [0.4, 0.5) is 0 Å². The Morgan fingerprint density at radius 3 is 1.63 bits per heavy atom. The zero-order valence-corrected chi connectivity index (χ0v) is 18.4. The van der Waals surface area contributed by atoms with Crippen LogP contribution in [0, 0.1) is 37.5 Å². The molecule has 0 fully saturated rings. The van der Waals surface area contributed by atoms with E-state index in [1.807, 2.05) is 0 Å². The Labute approximate surface area is 203 Å². The van der Waals surface area contributed by atoms with Gasteiger partial charge in [0.1, 0.15) is 6.79 Å². The Bertz CT molecular complexity index is 241. The molecular formula is C15H20K2O2-2. The first-order valence-electron chi connectivity index (χ1n) is 6.27. The van der Waals surface area contributed by atoms with Gasteiger partial charge >= 0.3 is 103 Å². The van der Waals surface area contributed by atoms with Crippen molar-refractivity contribution in [3.63, 3.8) is 0 Å². The second-order valence-electron chi connectivity index (χ2n) is 4.48. The molecule has 0 aromatic carbocycles. The summed E-state index contributed by atoms with van der Waals surface area (Å²) in [5.41, 5.74) is 0. The van der Waals surface area contributed by atoms with Crippen LogP contribution in [0.2, 0.25) is 0 Å². The van der Waals surface area contributed by atoms with Crippen molar-refractivity contribution >= 4 is 0 Å². The summed E-state index contributed by atoms with van der Waals surface area (Å²) < 4.78 is 11.0. The summed E-state index contributed by atoms with van der Waals surface area (Å²) >= 11 is 0. The molecule has 2 unspecified atom stereocenters. The maximum absolute atomic E-state index is 5.51. The fraction of sp³-hybridized carbons (Fsp3) is 0.467. The van der Waals surface area contributed by atoms with Gasteiger partial charge in [-0.2, -0.15) is 0 Å². The quantitative estimate of drug-likeness (QED) is 0.225. The van der Waals surface area contributed by atoms with Gasteiger partial charge in [0.15, 0.2) is 0 Å². The molecule has 0 saturated carbocycles. The maximum atomic E-state index is 5.51. The molecule has 0 aliphatic heterocycles. The second kappa shape index (κ2) is 13.8. The van der Waals surface area contributed by atoms with Crippen LogP contribution in [0.1, 0.15) is 12.8 Å². The molecule has 0 bridgehead atoms. The van der Waals surface area contributed by atoms with Crippen molar-refractivity contribution in [2.45, 2.75) is 12.8 Å². The molecule has 0 amide bonds. The van der Waals surface area contributed by atoms with Crippen LogP contribution in [-0.4, -0.2) is 20.0 Å². The minimum Gasteiger partial charge on any atom is -0.378 e. The molecular weight excluding hydrogens is 290 g/mol. The molecule has 2 atom stereocenters. The summed E-state index contributed by atoms with van der Waals surface area (Å²) in [7, 11) is 0. The van der Waals surface area contributed by atoms with Crippen molar-refractivity contribution in [2.75, 3.05) is 20.0 Å². The molecule has 0 heterocycles. The molecule has 0 radical (unpaired) electrons. The number of hydrogen-bond acceptors (Lipinski definition) is 2. The number of hydrogen-bond donors (Lipinski definition) is 0. The Morgan fingerprint density at radius 2 is 1.26 bits per heavy atom. The minimum absolute atomic E-state index is 0. The van der Waals surface area contributed by atoms with E-state index in [2.05, 4.69) is 50.0 Å². The largest absolute Gasteiger partial charge is 1.00 e. The SMILES string of the molecule is C1=C[CH-]C(COCOCC2[CH-]C=C[CH-]C2)C[CH-]1.[K+].[K+]. The van der Waals surface area contributed by atoms with Crippen LogP contribution < -0.4 is 103 Å². The van der Waals surface area contributed by atoms with Crippen molar-refractivity contribution in [2.24, 2.45) is 11.8 Å². The van der Waals surface area contributed by atoms with E-state index in [0.717, 1.165) is 26.1 Å². The molecule has 0 aromatic rings. The summed E-state index contributed by atoms with van der Waals surface area (Å²) in [4.78, 5) is 0. The second-order valence-corrected chi connectivity index (χ2v) is 4.48. The fourth-order valence-electron chi connectivity index (χ4n) is 1.97. The summed E-state index contributed by atoms with van der Waals surface area (Å²) in [5.74, 6) is 1.03. The van der Waals surface area contributed by atoms with Gasteiger partial charge in [-0.05, 0) is 0 Å². The zero-order chi connectivity index (χ0) is 11.8. The van der Waals surface area contributed by atoms with Gasteiger partial charge in [0, 0.05) is 13.2 Å². The van der Waals surface area contributed by atoms with Crippen LogP contribution in [0.3, 0.4) is 0 Å². The number of allylic oxidation sites excluding steroid dienone is 4. The first-order valence-corrected chi connectivity index (χ1v) is 6.27. The van der Waals surface area contributed by atoms with Gasteiger partial charge in [-0.3, -0.25) is 0 Å². The first-order chi connectivity index (χ1) is 8.45. The van der Waals surface area contributed by atoms with Crippen molar-refractivity contribution < 1.29 is 112 Å². The van der Waals surface area contributed by atoms with Crippen LogP contribution in [0.15, 0.2) is 24.3 Å². The van der Waals surface area contributed by atoms with Gasteiger partial charge in [0.05, 0.1) is 0 Å². The Kier molecular flexibility index (Phi) is 15.4. The van der Waals surface area contributed by atoms with Gasteiger partial charge < -0.3 is 59.5 Å². The average molecular weight is 311 g/mol. The summed E-state index contributed by atoms with van der Waals surface area (Å²) in [6.07, 6.45) is 19.2. The maximum Gasteiger partial charge on any atom is 1.00 e. The van der Waals surface area contributed by atoms with E-state index in [4.69, 9.17) is 9.47 Å². The van der Waals surface area contributed by atoms with E-state index in [1.165, 1.54) is 0 Å². The minimum atomic E-state index is 0. The topological polar surface area (TPSA) is 18.5 Å². The predicted molar refractivity (Wildman–Crippen MR) is 68.5 cm³/mol. The van der Waals surface area contributed by atoms with Crippen molar-refractivity contribution in [1.82, 2.24) is 0 Å². The Hall–Kier alpha value is 2.15. The Morgan fingerprint density at radius 1 is 0.789 bits per heavy atom. The molecule has 0 aromatic heterocycles. The molecule has 2 nitrogen and oxygen atoms in total. The van der Waals surface area contributed by atoms with Crippen LogP contribution in [-0.2, 0) is 9.47 Å². The fourth-order valence-corrected chi connectivity index (χ4v) is 1.97. The molecule has 4 heteroatoms. The van der Waals surface area contributed by atoms with E-state index in [-0.39, 0.29) is 103 Å². The molecule has 2 aliphatic carbocycles. The predicted octanol–water partition coefficient (Wildman–Crippen LogP) is -3.05. The van der Waals surface area contributed by atoms with Gasteiger partial charge in [-0.1, -0.05) is 11.8 Å². The van der Waals surface area contributed by atoms with Gasteiger partial charge in [-0.25, -0.2) is 0 Å². The van der Waals surface area contributed by atoms with Crippen molar-refractivity contribution in [1.29, 1.82) is 0 Å². The molecule has 2 aliphatic rings. The van der Waals surface area contributed by atoms with Gasteiger partial charge in [0.25, 0.3) is 0 Å². The molecule has 0 saturated heterocycles. The third-order valence-electron chi connectivity index (χ3n) is 2.97. The molecule has 0 N–H and O–H groups in total. The first kappa shape index (κ1) is 21.2. The zero-order valence-electron chi connectivity index (χ0n) is 12.1. The summed E-state index contributed by atoms with van der Waals surface area (Å²) in [6, 6.07) is 0. The molecule has 96 valence electrons. The van der Waals surface area contributed by atoms with Crippen molar-refractivity contribution in [3.8, 4) is 0 Å². The van der Waals surface area contributed by atoms with E-state index in [0.29, 0.717) is 18.6 Å². The van der Waals surface area contributed by atoms with Gasteiger partial charge in [0.2, 0.25) is 0 Å². The molecule has 0 spiro atoms. The summed E-state index contributed by atoms with van der Waals surface area (Å²) in [5, 5.41) is 0. The Balaban J connectivity index is 0.00000162. The van der Waals surface area contributed by atoms with Gasteiger partial charge in [-0.15, -0.1) is 12.8 Å². The van der Waals surface area contributed by atoms with E-state index < -0.39 is 0 Å². The molecule has 2 rings (SSSR count). The standard InChI is InChI=1S/C15H20O2.2K/c1-3-7-14(8-4-1)11-16-13-17-12-15-9-5-2-6-10-15;;/h1-7,9,14-15H,8,10-13H2;;/q-4;2*+1. The number of rotatable bonds is 6. The van der Waals surface area contributed by atoms with Crippen molar-refractivity contribution in [3.05, 3.63) is 50.0 Å². The van der Waals surface area contributed by atoms with Crippen LogP contribution >= 0.6 is 0 Å². The molecule has 19 heavy (non-hydrogen) atoms. The normalized spacial score (nSPS) is 23.8. The smallest absolute Gasteiger partial charge is 0.378 e. The summed E-state index contributed by atoms with van der Waals surface area (Å²) in [6.45, 7) is 1.91. The third-order valence-corrected chi connectivity index (χ3v) is 2.97. The van der Waals surface area contributed by atoms with Crippen LogP contribution in [0.25, 0.3) is 0 Å². The monoisotopic (exact) mass is 310 g/mol. The van der Waals surface area contributed by atoms with E-state index in [1.54, 1.807) is 0 Å².